The molecule has 2 unspecified atom stereocenters. The molecular formula is C28H33F3O2. The fraction of sp³-hybridized carbons (Fsp3) is 0.571. The van der Waals surface area contributed by atoms with Crippen LogP contribution in [0.25, 0.3) is 0 Å². The zero-order valence-corrected chi connectivity index (χ0v) is 19.2. The van der Waals surface area contributed by atoms with Crippen molar-refractivity contribution in [1.29, 1.82) is 0 Å². The van der Waals surface area contributed by atoms with Crippen LogP contribution < -0.4 is 0 Å². The number of aliphatic hydroxyl groups excluding tert-OH is 1. The molecule has 0 aromatic heterocycles. The van der Waals surface area contributed by atoms with Crippen molar-refractivity contribution in [3.8, 4) is 0 Å². The van der Waals surface area contributed by atoms with Gasteiger partial charge >= 0.3 is 0 Å². The Morgan fingerprint density at radius 2 is 1.24 bits per heavy atom. The van der Waals surface area contributed by atoms with Gasteiger partial charge in [0, 0.05) is 5.56 Å². The average molecular weight is 459 g/mol. The van der Waals surface area contributed by atoms with Crippen molar-refractivity contribution < 1.29 is 23.0 Å². The Morgan fingerprint density at radius 1 is 0.758 bits per heavy atom. The predicted octanol–water partition coefficient (Wildman–Crippen LogP) is 7.27. The van der Waals surface area contributed by atoms with E-state index < -0.39 is 11.6 Å². The highest BCUT2D eigenvalue weighted by atomic mass is 19.2. The van der Waals surface area contributed by atoms with Crippen molar-refractivity contribution in [2.75, 3.05) is 6.61 Å². The molecule has 1 N–H and O–H groups in total. The molecule has 2 saturated carbocycles. The minimum atomic E-state index is -0.687. The summed E-state index contributed by atoms with van der Waals surface area (Å²) in [4.78, 5) is 0. The van der Waals surface area contributed by atoms with Crippen LogP contribution in [0.1, 0.15) is 104 Å². The first kappa shape index (κ1) is 22.9. The lowest BCUT2D eigenvalue weighted by atomic mass is 9.74. The first-order chi connectivity index (χ1) is 15.9. The summed E-state index contributed by atoms with van der Waals surface area (Å²) >= 11 is 0. The maximum Gasteiger partial charge on any atom is 0.162 e. The molecule has 2 nitrogen and oxygen atoms in total. The number of ether oxygens (including phenoxy) is 1. The fourth-order valence-corrected chi connectivity index (χ4v) is 6.15. The summed E-state index contributed by atoms with van der Waals surface area (Å²) in [5.74, 6) is -1.04. The summed E-state index contributed by atoms with van der Waals surface area (Å²) in [5, 5.41) is 9.80. The molecule has 1 saturated heterocycles. The highest BCUT2D eigenvalue weighted by molar-refractivity contribution is 5.33. The van der Waals surface area contributed by atoms with Gasteiger partial charge < -0.3 is 9.84 Å². The molecule has 1 heterocycles. The third-order valence-electron chi connectivity index (χ3n) is 8.38. The van der Waals surface area contributed by atoms with E-state index in [2.05, 4.69) is 0 Å². The number of halogens is 3. The summed E-state index contributed by atoms with van der Waals surface area (Å²) < 4.78 is 49.8. The molecule has 0 radical (unpaired) electrons. The molecule has 0 amide bonds. The Kier molecular flexibility index (Phi) is 6.54. The van der Waals surface area contributed by atoms with Gasteiger partial charge in [0.1, 0.15) is 11.9 Å². The van der Waals surface area contributed by atoms with E-state index in [0.29, 0.717) is 23.3 Å². The Labute approximate surface area is 194 Å². The molecule has 2 aromatic carbocycles. The minimum absolute atomic E-state index is 0.000223. The lowest BCUT2D eigenvalue weighted by Crippen LogP contribution is -2.23. The topological polar surface area (TPSA) is 32.8 Å². The van der Waals surface area contributed by atoms with Crippen LogP contribution >= 0.6 is 0 Å². The quantitative estimate of drug-likeness (QED) is 0.478. The number of epoxide rings is 1. The van der Waals surface area contributed by atoms with Crippen LogP contribution in [0, 0.1) is 23.4 Å². The van der Waals surface area contributed by atoms with Crippen LogP contribution in [-0.2, 0) is 4.74 Å². The smallest absolute Gasteiger partial charge is 0.162 e. The third-order valence-corrected chi connectivity index (χ3v) is 8.38. The molecule has 5 heteroatoms. The van der Waals surface area contributed by atoms with Gasteiger partial charge in [0.25, 0.3) is 0 Å². The second-order valence-electron chi connectivity index (χ2n) is 10.4. The van der Waals surface area contributed by atoms with E-state index in [1.54, 1.807) is 18.2 Å². The van der Waals surface area contributed by atoms with Crippen molar-refractivity contribution in [2.45, 2.75) is 88.3 Å². The molecule has 3 fully saturated rings. The molecule has 5 rings (SSSR count). The molecule has 3 aliphatic rings. The Balaban J connectivity index is 1.24. The first-order valence-corrected chi connectivity index (χ1v) is 12.5. The Bertz CT molecular complexity index is 985. The van der Waals surface area contributed by atoms with Crippen molar-refractivity contribution in [2.24, 2.45) is 5.92 Å². The van der Waals surface area contributed by atoms with E-state index in [-0.39, 0.29) is 41.7 Å². The van der Waals surface area contributed by atoms with Crippen molar-refractivity contribution in [1.82, 2.24) is 0 Å². The largest absolute Gasteiger partial charge is 0.393 e. The SMILES string of the molecule is CC(O)C1CCC(c2ccc(C3CCC(c4ccc(C5CO5)c(F)c4)CC3)c(F)c2F)CC1. The molecule has 2 aliphatic carbocycles. The highest BCUT2D eigenvalue weighted by Crippen LogP contribution is 2.44. The monoisotopic (exact) mass is 458 g/mol. The minimum Gasteiger partial charge on any atom is -0.393 e. The van der Waals surface area contributed by atoms with Crippen LogP contribution in [0.4, 0.5) is 13.2 Å². The molecule has 0 spiro atoms. The van der Waals surface area contributed by atoms with E-state index in [0.717, 1.165) is 56.9 Å². The second kappa shape index (κ2) is 9.42. The van der Waals surface area contributed by atoms with Crippen LogP contribution in [0.3, 0.4) is 0 Å². The van der Waals surface area contributed by atoms with Crippen molar-refractivity contribution >= 4 is 0 Å². The fourth-order valence-electron chi connectivity index (χ4n) is 6.15. The Hall–Kier alpha value is -1.85. The maximum atomic E-state index is 15.1. The second-order valence-corrected chi connectivity index (χ2v) is 10.4. The summed E-state index contributed by atoms with van der Waals surface area (Å²) in [6, 6.07) is 9.04. The summed E-state index contributed by atoms with van der Waals surface area (Å²) in [7, 11) is 0. The molecule has 33 heavy (non-hydrogen) atoms. The number of hydrogen-bond donors (Lipinski definition) is 1. The van der Waals surface area contributed by atoms with Gasteiger partial charge in [-0.2, -0.15) is 0 Å². The molecular weight excluding hydrogens is 425 g/mol. The van der Waals surface area contributed by atoms with Gasteiger partial charge in [0.05, 0.1) is 12.7 Å². The zero-order valence-electron chi connectivity index (χ0n) is 19.2. The molecule has 1 aliphatic heterocycles. The third kappa shape index (κ3) is 4.72. The summed E-state index contributed by atoms with van der Waals surface area (Å²) in [5.41, 5.74) is 2.60. The predicted molar refractivity (Wildman–Crippen MR) is 122 cm³/mol. The van der Waals surface area contributed by atoms with Gasteiger partial charge in [-0.3, -0.25) is 0 Å². The van der Waals surface area contributed by atoms with Crippen molar-refractivity contribution in [3.05, 3.63) is 70.0 Å². The molecule has 2 aromatic rings. The van der Waals surface area contributed by atoms with Gasteiger partial charge in [0.2, 0.25) is 0 Å². The van der Waals surface area contributed by atoms with Gasteiger partial charge in [-0.1, -0.05) is 24.3 Å². The van der Waals surface area contributed by atoms with E-state index in [9.17, 15) is 9.50 Å². The van der Waals surface area contributed by atoms with Gasteiger partial charge in [-0.15, -0.1) is 0 Å². The number of aliphatic hydroxyl groups is 1. The summed E-state index contributed by atoms with van der Waals surface area (Å²) in [6.45, 7) is 2.40. The van der Waals surface area contributed by atoms with Crippen LogP contribution in [0.2, 0.25) is 0 Å². The Morgan fingerprint density at radius 3 is 1.73 bits per heavy atom. The lowest BCUT2D eigenvalue weighted by Gasteiger charge is -2.32. The van der Waals surface area contributed by atoms with Gasteiger partial charge in [-0.25, -0.2) is 13.2 Å². The van der Waals surface area contributed by atoms with E-state index >= 15 is 8.78 Å². The zero-order chi connectivity index (χ0) is 23.1. The van der Waals surface area contributed by atoms with Gasteiger partial charge in [-0.05, 0) is 105 Å². The van der Waals surface area contributed by atoms with E-state index in [1.807, 2.05) is 19.1 Å². The van der Waals surface area contributed by atoms with Crippen LogP contribution in [0.15, 0.2) is 30.3 Å². The normalized spacial score (nSPS) is 30.8. The molecule has 178 valence electrons. The van der Waals surface area contributed by atoms with Crippen LogP contribution in [-0.4, -0.2) is 17.8 Å². The lowest BCUT2D eigenvalue weighted by molar-refractivity contribution is 0.0963. The van der Waals surface area contributed by atoms with Gasteiger partial charge in [0.15, 0.2) is 11.6 Å². The average Bonchev–Trinajstić information content (AvgIpc) is 3.66. The summed E-state index contributed by atoms with van der Waals surface area (Å²) in [6.07, 6.45) is 6.08. The standard InChI is InChI=1S/C28H33F3O2/c1-16(32)17-2-6-19(7-3-17)22-12-13-23(28(31)27(22)30)20-8-4-18(5-9-20)21-10-11-24(25(29)14-21)26-15-33-26/h10-14,16-20,26,32H,2-9,15H2,1H3. The van der Waals surface area contributed by atoms with E-state index in [4.69, 9.17) is 4.74 Å². The molecule has 0 bridgehead atoms. The maximum absolute atomic E-state index is 15.1. The van der Waals surface area contributed by atoms with E-state index in [1.165, 1.54) is 0 Å². The number of benzene rings is 2. The van der Waals surface area contributed by atoms with Crippen molar-refractivity contribution in [3.63, 3.8) is 0 Å². The number of hydrogen-bond acceptors (Lipinski definition) is 2. The van der Waals surface area contributed by atoms with Crippen LogP contribution in [0.5, 0.6) is 0 Å². The number of rotatable bonds is 5. The molecule has 2 atom stereocenters. The first-order valence-electron chi connectivity index (χ1n) is 12.5. The highest BCUT2D eigenvalue weighted by Gasteiger charge is 2.32.